The number of thiol groups is 1. The van der Waals surface area contributed by atoms with Crippen LogP contribution in [0.25, 0.3) is 0 Å². The Bertz CT molecular complexity index is 891. The van der Waals surface area contributed by atoms with Gasteiger partial charge in [0.05, 0.1) is 19.2 Å². The van der Waals surface area contributed by atoms with E-state index in [1.165, 1.54) is 30.6 Å². The smallest absolute Gasteiger partial charge is 0.337 e. The third-order valence-corrected chi connectivity index (χ3v) is 5.04. The summed E-state index contributed by atoms with van der Waals surface area (Å²) in [4.78, 5) is 22.5. The van der Waals surface area contributed by atoms with Gasteiger partial charge in [-0.05, 0) is 25.2 Å². The second-order valence-electron chi connectivity index (χ2n) is 6.13. The van der Waals surface area contributed by atoms with Crippen LogP contribution in [0.4, 0.5) is 4.39 Å². The molecule has 4 rings (SSSR count). The van der Waals surface area contributed by atoms with Crippen molar-refractivity contribution in [1.29, 1.82) is 0 Å². The minimum Gasteiger partial charge on any atom is -0.466 e. The van der Waals surface area contributed by atoms with E-state index in [0.717, 1.165) is 16.5 Å². The number of benzene rings is 1. The number of rotatable bonds is 2. The number of nitrogens with zero attached hydrogens (tertiary/aromatic N) is 3. The minimum atomic E-state index is -0.323. The number of hydrogen-bond acceptors (Lipinski definition) is 9. The fraction of sp³-hybridized carbons (Fsp3) is 0.316. The standard InChI is InChI=1S/C12H14N4O2S.C6H4ClF.CH5NS/c1-18-12(17)8-5-15-10(11-14-2-3-19-11)16-6-7(13)4-9(8)16;7-5-2-1-3-6(8)4-5;1-2-3/h2-3,7H,4-6,13H2,1H3;1-4H;2-3H,1H3/t7-;;/m0../s1. The van der Waals surface area contributed by atoms with Gasteiger partial charge in [-0.15, -0.1) is 11.3 Å². The second-order valence-corrected chi connectivity index (χ2v) is 7.91. The van der Waals surface area contributed by atoms with Crippen molar-refractivity contribution >= 4 is 47.6 Å². The molecule has 0 bridgehead atoms. The number of ether oxygens (including phenoxy) is 1. The molecule has 0 radical (unpaired) electrons. The largest absolute Gasteiger partial charge is 0.466 e. The Morgan fingerprint density at radius 3 is 2.77 bits per heavy atom. The molecule has 3 heterocycles. The average Bonchev–Trinajstić information content (AvgIpc) is 3.37. The van der Waals surface area contributed by atoms with Crippen molar-refractivity contribution in [2.45, 2.75) is 12.5 Å². The first kappa shape index (κ1) is 24.3. The highest BCUT2D eigenvalue weighted by atomic mass is 35.5. The Morgan fingerprint density at radius 2 is 2.23 bits per heavy atom. The molecule has 0 aliphatic carbocycles. The lowest BCUT2D eigenvalue weighted by Crippen LogP contribution is -2.35. The number of aromatic nitrogens is 1. The molecule has 2 aliphatic heterocycles. The molecule has 1 fully saturated rings. The summed E-state index contributed by atoms with van der Waals surface area (Å²) in [6, 6.07) is 5.83. The van der Waals surface area contributed by atoms with Crippen LogP contribution in [-0.4, -0.2) is 55.0 Å². The van der Waals surface area contributed by atoms with Crippen LogP contribution in [0.5, 0.6) is 0 Å². The highest BCUT2D eigenvalue weighted by Crippen LogP contribution is 2.30. The summed E-state index contributed by atoms with van der Waals surface area (Å²) < 4.78 is 19.3. The summed E-state index contributed by atoms with van der Waals surface area (Å²) in [5.41, 5.74) is 7.55. The molecule has 7 nitrogen and oxygen atoms in total. The van der Waals surface area contributed by atoms with Gasteiger partial charge in [0.15, 0.2) is 10.8 Å². The molecule has 1 aromatic heterocycles. The molecule has 2 aromatic rings. The molecule has 1 saturated heterocycles. The predicted molar refractivity (Wildman–Crippen MR) is 121 cm³/mol. The first-order valence-corrected chi connectivity index (χ1v) is 10.6. The average molecular weight is 472 g/mol. The summed E-state index contributed by atoms with van der Waals surface area (Å²) >= 11 is 10.5. The van der Waals surface area contributed by atoms with E-state index in [1.807, 2.05) is 10.3 Å². The van der Waals surface area contributed by atoms with Crippen molar-refractivity contribution in [2.75, 3.05) is 27.2 Å². The SMILES string of the molecule is CNS.COC(=O)C1=C2C[C@H](N)CN2C(c2nccs2)=NC1.Fc1cccc(Cl)c1. The number of hydrogen-bond donors (Lipinski definition) is 3. The van der Waals surface area contributed by atoms with Crippen molar-refractivity contribution in [3.05, 3.63) is 63.0 Å². The lowest BCUT2D eigenvalue weighted by atomic mass is 10.1. The fourth-order valence-electron chi connectivity index (χ4n) is 2.88. The molecule has 0 amide bonds. The molecular formula is C19H23ClFN5O2S2. The quantitative estimate of drug-likeness (QED) is 0.460. The van der Waals surface area contributed by atoms with Crippen molar-refractivity contribution in [1.82, 2.24) is 14.6 Å². The van der Waals surface area contributed by atoms with Crippen LogP contribution in [-0.2, 0) is 9.53 Å². The third-order valence-electron chi connectivity index (χ3n) is 4.03. The number of esters is 1. The Labute approximate surface area is 189 Å². The molecular weight excluding hydrogens is 449 g/mol. The number of carbonyl (C=O) groups excluding carboxylic acids is 1. The van der Waals surface area contributed by atoms with Crippen LogP contribution in [0.2, 0.25) is 5.02 Å². The number of halogens is 2. The van der Waals surface area contributed by atoms with Gasteiger partial charge in [0, 0.05) is 41.3 Å². The van der Waals surface area contributed by atoms with Crippen LogP contribution >= 0.6 is 35.8 Å². The normalized spacial score (nSPS) is 17.2. The van der Waals surface area contributed by atoms with Crippen LogP contribution in [0, 0.1) is 5.82 Å². The van der Waals surface area contributed by atoms with E-state index < -0.39 is 0 Å². The van der Waals surface area contributed by atoms with Gasteiger partial charge in [-0.1, -0.05) is 30.5 Å². The van der Waals surface area contributed by atoms with E-state index in [-0.39, 0.29) is 17.8 Å². The fourth-order valence-corrected chi connectivity index (χ4v) is 3.71. The van der Waals surface area contributed by atoms with Gasteiger partial charge in [0.25, 0.3) is 0 Å². The van der Waals surface area contributed by atoms with E-state index in [2.05, 4.69) is 27.5 Å². The van der Waals surface area contributed by atoms with E-state index in [9.17, 15) is 9.18 Å². The highest BCUT2D eigenvalue weighted by Gasteiger charge is 2.36. The number of carbonyl (C=O) groups is 1. The summed E-state index contributed by atoms with van der Waals surface area (Å²) in [5.74, 6) is 0.194. The summed E-state index contributed by atoms with van der Waals surface area (Å²) in [5, 5.41) is 3.20. The Hall–Kier alpha value is -1.98. The molecule has 0 unspecified atom stereocenters. The zero-order valence-electron chi connectivity index (χ0n) is 16.5. The lowest BCUT2D eigenvalue weighted by Gasteiger charge is -2.26. The summed E-state index contributed by atoms with van der Waals surface area (Å²) in [6.45, 7) is 0.994. The highest BCUT2D eigenvalue weighted by molar-refractivity contribution is 7.78. The van der Waals surface area contributed by atoms with Crippen molar-refractivity contribution in [3.63, 3.8) is 0 Å². The van der Waals surface area contributed by atoms with E-state index in [0.29, 0.717) is 30.1 Å². The van der Waals surface area contributed by atoms with E-state index in [1.54, 1.807) is 25.4 Å². The molecule has 1 aromatic carbocycles. The lowest BCUT2D eigenvalue weighted by molar-refractivity contribution is -0.136. The molecule has 0 spiro atoms. The molecule has 2 aliphatic rings. The number of methoxy groups -OCH3 is 1. The number of thiazole rings is 1. The number of nitrogens with one attached hydrogen (secondary N) is 1. The first-order chi connectivity index (χ1) is 14.4. The summed E-state index contributed by atoms with van der Waals surface area (Å²) in [6.07, 6.45) is 2.42. The number of amidine groups is 1. The maximum atomic E-state index is 12.1. The zero-order chi connectivity index (χ0) is 22.1. The van der Waals surface area contributed by atoms with Gasteiger partial charge < -0.3 is 15.4 Å². The van der Waals surface area contributed by atoms with E-state index >= 15 is 0 Å². The molecule has 0 saturated carbocycles. The first-order valence-electron chi connectivity index (χ1n) is 8.90. The predicted octanol–water partition coefficient (Wildman–Crippen LogP) is 2.89. The molecule has 3 N–H and O–H groups in total. The minimum absolute atomic E-state index is 0.0120. The second kappa shape index (κ2) is 12.0. The third kappa shape index (κ3) is 6.51. The van der Waals surface area contributed by atoms with Gasteiger partial charge in [-0.3, -0.25) is 9.71 Å². The Kier molecular flexibility index (Phi) is 9.73. The van der Waals surface area contributed by atoms with Crippen molar-refractivity contribution in [3.8, 4) is 0 Å². The van der Waals surface area contributed by atoms with E-state index in [4.69, 9.17) is 22.1 Å². The van der Waals surface area contributed by atoms with Gasteiger partial charge in [0.1, 0.15) is 5.82 Å². The summed E-state index contributed by atoms with van der Waals surface area (Å²) in [7, 11) is 3.12. The molecule has 30 heavy (non-hydrogen) atoms. The molecule has 1 atom stereocenters. The Morgan fingerprint density at radius 1 is 1.50 bits per heavy atom. The number of aliphatic imine (C=N–C) groups is 1. The Balaban J connectivity index is 0.000000243. The number of fused-ring (bicyclic) bond motifs is 1. The van der Waals surface area contributed by atoms with Crippen LogP contribution in [0.1, 0.15) is 11.4 Å². The maximum Gasteiger partial charge on any atom is 0.337 e. The zero-order valence-corrected chi connectivity index (χ0v) is 19.0. The van der Waals surface area contributed by atoms with Crippen molar-refractivity contribution < 1.29 is 13.9 Å². The van der Waals surface area contributed by atoms with Crippen LogP contribution < -0.4 is 10.5 Å². The van der Waals surface area contributed by atoms with Gasteiger partial charge in [-0.2, -0.15) is 0 Å². The number of nitrogens with two attached hydrogens (primary N) is 1. The van der Waals surface area contributed by atoms with Gasteiger partial charge in [-0.25, -0.2) is 14.2 Å². The molecule has 162 valence electrons. The molecule has 11 heteroatoms. The van der Waals surface area contributed by atoms with Gasteiger partial charge >= 0.3 is 5.97 Å². The monoisotopic (exact) mass is 471 g/mol. The van der Waals surface area contributed by atoms with Crippen LogP contribution in [0.15, 0.2) is 52.1 Å². The maximum absolute atomic E-state index is 12.1. The topological polar surface area (TPSA) is 92.8 Å². The van der Waals surface area contributed by atoms with Crippen molar-refractivity contribution in [2.24, 2.45) is 10.7 Å². The van der Waals surface area contributed by atoms with Crippen LogP contribution in [0.3, 0.4) is 0 Å². The van der Waals surface area contributed by atoms with Gasteiger partial charge in [0.2, 0.25) is 0 Å².